The largest absolute Gasteiger partial charge is 0.369 e. The van der Waals surface area contributed by atoms with Crippen molar-refractivity contribution in [3.63, 3.8) is 0 Å². The molecule has 1 aromatic carbocycles. The van der Waals surface area contributed by atoms with E-state index < -0.39 is 5.91 Å². The van der Waals surface area contributed by atoms with Gasteiger partial charge >= 0.3 is 0 Å². The summed E-state index contributed by atoms with van der Waals surface area (Å²) in [4.78, 5) is 24.3. The second-order valence-corrected chi connectivity index (χ2v) is 5.63. The molecular weight excluding hydrogens is 318 g/mol. The molecule has 7 nitrogen and oxygen atoms in total. The summed E-state index contributed by atoms with van der Waals surface area (Å²) in [7, 11) is 1.65. The molecule has 0 bridgehead atoms. The van der Waals surface area contributed by atoms with Gasteiger partial charge in [-0.05, 0) is 24.7 Å². The number of anilines is 1. The minimum absolute atomic E-state index is 0.0230. The van der Waals surface area contributed by atoms with E-state index in [1.165, 1.54) is 4.90 Å². The number of carbonyl (C=O) groups excluding carboxylic acids is 2. The highest BCUT2D eigenvalue weighted by Gasteiger charge is 2.11. The summed E-state index contributed by atoms with van der Waals surface area (Å²) in [6, 6.07) is 9.13. The van der Waals surface area contributed by atoms with E-state index in [0.29, 0.717) is 17.4 Å². The second kappa shape index (κ2) is 7.75. The minimum atomic E-state index is -0.480. The number of amides is 2. The van der Waals surface area contributed by atoms with Crippen LogP contribution in [0.5, 0.6) is 0 Å². The Balaban J connectivity index is 1.98. The first-order valence-electron chi connectivity index (χ1n) is 6.97. The van der Waals surface area contributed by atoms with Crippen LogP contribution in [0.1, 0.15) is 5.56 Å². The van der Waals surface area contributed by atoms with E-state index in [9.17, 15) is 9.59 Å². The van der Waals surface area contributed by atoms with Gasteiger partial charge in [0.05, 0.1) is 25.8 Å². The van der Waals surface area contributed by atoms with Gasteiger partial charge < -0.3 is 11.1 Å². The van der Waals surface area contributed by atoms with Crippen LogP contribution in [0.4, 0.5) is 5.82 Å². The molecule has 23 heavy (non-hydrogen) atoms. The molecule has 0 aliphatic rings. The van der Waals surface area contributed by atoms with E-state index >= 15 is 0 Å². The maximum Gasteiger partial charge on any atom is 0.239 e. The molecule has 2 rings (SSSR count). The fourth-order valence-electron chi connectivity index (χ4n) is 2.12. The van der Waals surface area contributed by atoms with Crippen molar-refractivity contribution in [1.29, 1.82) is 0 Å². The van der Waals surface area contributed by atoms with Crippen molar-refractivity contribution >= 4 is 29.2 Å². The van der Waals surface area contributed by atoms with Crippen molar-refractivity contribution in [2.24, 2.45) is 5.73 Å². The molecule has 2 aromatic rings. The van der Waals surface area contributed by atoms with E-state index in [1.54, 1.807) is 30.1 Å². The summed E-state index contributed by atoms with van der Waals surface area (Å²) in [5, 5.41) is 7.60. The standard InChI is InChI=1S/C15H18ClN5O2/c1-20(9-13(17)22)10-15(23)19-14-5-6-18-21(14)8-11-3-2-4-12(16)7-11/h2-7H,8-10H2,1H3,(H2,17,22)(H,19,23). The number of aromatic nitrogens is 2. The maximum absolute atomic E-state index is 12.0. The molecule has 8 heteroatoms. The van der Waals surface area contributed by atoms with E-state index in [2.05, 4.69) is 10.4 Å². The van der Waals surface area contributed by atoms with Gasteiger partial charge in [0, 0.05) is 11.1 Å². The van der Waals surface area contributed by atoms with Crippen molar-refractivity contribution in [2.75, 3.05) is 25.5 Å². The van der Waals surface area contributed by atoms with Gasteiger partial charge in [-0.1, -0.05) is 23.7 Å². The Labute approximate surface area is 139 Å². The SMILES string of the molecule is CN(CC(N)=O)CC(=O)Nc1ccnn1Cc1cccc(Cl)c1. The predicted octanol–water partition coefficient (Wildman–Crippen LogP) is 0.940. The molecule has 3 N–H and O–H groups in total. The van der Waals surface area contributed by atoms with Crippen molar-refractivity contribution in [3.05, 3.63) is 47.1 Å². The molecule has 0 saturated heterocycles. The van der Waals surface area contributed by atoms with Gasteiger partial charge in [0.15, 0.2) is 0 Å². The molecule has 122 valence electrons. The normalized spacial score (nSPS) is 10.7. The van der Waals surface area contributed by atoms with Crippen LogP contribution < -0.4 is 11.1 Å². The number of nitrogens with two attached hydrogens (primary N) is 1. The zero-order chi connectivity index (χ0) is 16.8. The average Bonchev–Trinajstić information content (AvgIpc) is 2.84. The van der Waals surface area contributed by atoms with Crippen molar-refractivity contribution < 1.29 is 9.59 Å². The molecule has 0 aliphatic heterocycles. The van der Waals surface area contributed by atoms with Crippen LogP contribution in [0.15, 0.2) is 36.5 Å². The van der Waals surface area contributed by atoms with Crippen molar-refractivity contribution in [2.45, 2.75) is 6.54 Å². The highest BCUT2D eigenvalue weighted by Crippen LogP contribution is 2.14. The monoisotopic (exact) mass is 335 g/mol. The first-order chi connectivity index (χ1) is 10.9. The first kappa shape index (κ1) is 17.0. The Morgan fingerprint density at radius 1 is 1.35 bits per heavy atom. The van der Waals surface area contributed by atoms with Gasteiger partial charge in [-0.15, -0.1) is 0 Å². The fourth-order valence-corrected chi connectivity index (χ4v) is 2.34. The zero-order valence-corrected chi connectivity index (χ0v) is 13.5. The lowest BCUT2D eigenvalue weighted by Gasteiger charge is -2.14. The van der Waals surface area contributed by atoms with Crippen LogP contribution in [-0.2, 0) is 16.1 Å². The number of rotatable bonds is 7. The summed E-state index contributed by atoms with van der Waals surface area (Å²) >= 11 is 5.97. The predicted molar refractivity (Wildman–Crippen MR) is 88.1 cm³/mol. The smallest absolute Gasteiger partial charge is 0.239 e. The third-order valence-electron chi connectivity index (χ3n) is 3.04. The highest BCUT2D eigenvalue weighted by molar-refractivity contribution is 6.30. The van der Waals surface area contributed by atoms with E-state index in [-0.39, 0.29) is 19.0 Å². The topological polar surface area (TPSA) is 93.2 Å². The number of nitrogens with one attached hydrogen (secondary N) is 1. The molecule has 0 unspecified atom stereocenters. The molecule has 1 heterocycles. The number of nitrogens with zero attached hydrogens (tertiary/aromatic N) is 3. The van der Waals surface area contributed by atoms with Gasteiger partial charge in [0.2, 0.25) is 11.8 Å². The summed E-state index contributed by atoms with van der Waals surface area (Å²) < 4.78 is 1.66. The van der Waals surface area contributed by atoms with Gasteiger partial charge in [-0.2, -0.15) is 5.10 Å². The fraction of sp³-hybridized carbons (Fsp3) is 0.267. The second-order valence-electron chi connectivity index (χ2n) is 5.19. The summed E-state index contributed by atoms with van der Waals surface area (Å²) in [6.45, 7) is 0.570. The Morgan fingerprint density at radius 2 is 2.13 bits per heavy atom. The van der Waals surface area contributed by atoms with Crippen molar-refractivity contribution in [1.82, 2.24) is 14.7 Å². The van der Waals surface area contributed by atoms with Gasteiger partial charge in [0.1, 0.15) is 5.82 Å². The van der Waals surface area contributed by atoms with Gasteiger partial charge in [-0.3, -0.25) is 14.5 Å². The van der Waals surface area contributed by atoms with Crippen LogP contribution in [0.2, 0.25) is 5.02 Å². The Kier molecular flexibility index (Phi) is 5.72. The molecule has 1 aromatic heterocycles. The van der Waals surface area contributed by atoms with Gasteiger partial charge in [-0.25, -0.2) is 4.68 Å². The minimum Gasteiger partial charge on any atom is -0.369 e. The number of carbonyl (C=O) groups is 2. The molecule has 0 spiro atoms. The number of halogens is 1. The van der Waals surface area contributed by atoms with Crippen LogP contribution in [0.25, 0.3) is 0 Å². The van der Waals surface area contributed by atoms with Crippen molar-refractivity contribution in [3.8, 4) is 0 Å². The molecule has 0 aliphatic carbocycles. The Bertz CT molecular complexity index is 701. The quantitative estimate of drug-likeness (QED) is 0.787. The molecule has 0 atom stereocenters. The van der Waals surface area contributed by atoms with Crippen LogP contribution in [0.3, 0.4) is 0 Å². The number of hydrogen-bond donors (Lipinski definition) is 2. The summed E-state index contributed by atoms with van der Waals surface area (Å²) in [5.41, 5.74) is 6.06. The number of likely N-dealkylation sites (N-methyl/N-ethyl adjacent to an activating group) is 1. The molecule has 0 radical (unpaired) electrons. The third-order valence-corrected chi connectivity index (χ3v) is 3.28. The summed E-state index contributed by atoms with van der Waals surface area (Å²) in [5.74, 6) is -0.157. The Morgan fingerprint density at radius 3 is 2.83 bits per heavy atom. The zero-order valence-electron chi connectivity index (χ0n) is 12.7. The maximum atomic E-state index is 12.0. The molecule has 0 saturated carbocycles. The summed E-state index contributed by atoms with van der Waals surface area (Å²) in [6.07, 6.45) is 1.60. The highest BCUT2D eigenvalue weighted by atomic mass is 35.5. The molecule has 2 amide bonds. The number of benzene rings is 1. The number of hydrogen-bond acceptors (Lipinski definition) is 4. The lowest BCUT2D eigenvalue weighted by atomic mass is 10.2. The Hall–Kier alpha value is -2.38. The lowest BCUT2D eigenvalue weighted by molar-refractivity contribution is -0.120. The van der Waals surface area contributed by atoms with Crippen LogP contribution in [0, 0.1) is 0 Å². The first-order valence-corrected chi connectivity index (χ1v) is 7.35. The van der Waals surface area contributed by atoms with E-state index in [4.69, 9.17) is 17.3 Å². The van der Waals surface area contributed by atoms with E-state index in [0.717, 1.165) is 5.56 Å². The van der Waals surface area contributed by atoms with E-state index in [1.807, 2.05) is 18.2 Å². The van der Waals surface area contributed by atoms with Crippen LogP contribution in [-0.4, -0.2) is 46.6 Å². The van der Waals surface area contributed by atoms with Gasteiger partial charge in [0.25, 0.3) is 0 Å². The molecule has 0 fully saturated rings. The average molecular weight is 336 g/mol. The third kappa shape index (κ3) is 5.39. The lowest BCUT2D eigenvalue weighted by Crippen LogP contribution is -2.36. The number of primary amides is 1. The molecular formula is C15H18ClN5O2. The van der Waals surface area contributed by atoms with Crippen LogP contribution >= 0.6 is 11.6 Å².